The summed E-state index contributed by atoms with van der Waals surface area (Å²) in [6.07, 6.45) is 27.9. The molecule has 1 saturated carbocycles. The predicted octanol–water partition coefficient (Wildman–Crippen LogP) is 9.40. The molecule has 0 saturated heterocycles. The Morgan fingerprint density at radius 2 is 1.34 bits per heavy atom. The fourth-order valence-electron chi connectivity index (χ4n) is 7.36. The molecule has 0 amide bonds. The van der Waals surface area contributed by atoms with Gasteiger partial charge in [0, 0.05) is 31.1 Å². The number of rotatable bonds is 40. The molecule has 0 bridgehead atoms. The van der Waals surface area contributed by atoms with Gasteiger partial charge in [-0.1, -0.05) is 161 Å². The van der Waals surface area contributed by atoms with Crippen LogP contribution < -0.4 is 0 Å². The Kier molecular flexibility index (Phi) is 34.0. The minimum absolute atomic E-state index is 0.00808. The van der Waals surface area contributed by atoms with Crippen molar-refractivity contribution in [2.75, 3.05) is 26.4 Å². The molecule has 61 heavy (non-hydrogen) atoms. The molecule has 1 aliphatic rings. The van der Waals surface area contributed by atoms with Crippen molar-refractivity contribution in [2.24, 2.45) is 17.8 Å². The molecule has 1 rings (SSSR count). The number of carbonyl (C=O) groups is 3. The Balaban J connectivity index is 2.42. The summed E-state index contributed by atoms with van der Waals surface area (Å²) in [6, 6.07) is 0. The number of ketones is 1. The van der Waals surface area contributed by atoms with Crippen molar-refractivity contribution in [1.29, 1.82) is 0 Å². The lowest BCUT2D eigenvalue weighted by atomic mass is 9.90. The number of carbonyl (C=O) groups excluding carboxylic acids is 3. The fourth-order valence-corrected chi connectivity index (χ4v) is 8.15. The number of hydrogen-bond donors (Lipinski definition) is 5. The van der Waals surface area contributed by atoms with Crippen LogP contribution in [-0.2, 0) is 37.5 Å². The number of aliphatic hydroxyl groups is 4. The first-order valence-electron chi connectivity index (χ1n) is 23.8. The van der Waals surface area contributed by atoms with Crippen molar-refractivity contribution in [1.82, 2.24) is 0 Å². The molecule has 14 heteroatoms. The van der Waals surface area contributed by atoms with Gasteiger partial charge in [0.15, 0.2) is 6.10 Å². The van der Waals surface area contributed by atoms with Crippen LogP contribution in [0.1, 0.15) is 188 Å². The van der Waals surface area contributed by atoms with Gasteiger partial charge >= 0.3 is 19.8 Å². The Morgan fingerprint density at radius 1 is 0.770 bits per heavy atom. The normalized spacial score (nSPS) is 19.9. The number of esters is 2. The zero-order valence-corrected chi connectivity index (χ0v) is 38.9. The largest absolute Gasteiger partial charge is 0.472 e. The quantitative estimate of drug-likeness (QED) is 0.0168. The van der Waals surface area contributed by atoms with Gasteiger partial charge in [-0.05, 0) is 38.0 Å². The molecule has 5 N–H and O–H groups in total. The molecule has 13 nitrogen and oxygen atoms in total. The molecule has 0 aromatic rings. The Labute approximate surface area is 368 Å². The third-order valence-electron chi connectivity index (χ3n) is 11.5. The van der Waals surface area contributed by atoms with Crippen LogP contribution in [-0.4, -0.2) is 93.9 Å². The number of ether oxygens (including phenoxy) is 2. The molecule has 2 unspecified atom stereocenters. The summed E-state index contributed by atoms with van der Waals surface area (Å²) in [5.41, 5.74) is 0. The van der Waals surface area contributed by atoms with Gasteiger partial charge < -0.3 is 34.8 Å². The fraction of sp³-hybridized carbons (Fsp3) is 0.851. The highest BCUT2D eigenvalue weighted by atomic mass is 31.2. The zero-order chi connectivity index (χ0) is 45.1. The lowest BCUT2D eigenvalue weighted by Gasteiger charge is -2.20. The van der Waals surface area contributed by atoms with E-state index in [9.17, 15) is 39.2 Å². The van der Waals surface area contributed by atoms with E-state index < -0.39 is 76.5 Å². The second-order valence-electron chi connectivity index (χ2n) is 17.2. The summed E-state index contributed by atoms with van der Waals surface area (Å²) < 4.78 is 32.7. The minimum atomic E-state index is -4.69. The Hall–Kier alpha value is -1.96. The third-order valence-corrected chi connectivity index (χ3v) is 12.5. The van der Waals surface area contributed by atoms with E-state index in [1.807, 2.05) is 12.2 Å². The average Bonchev–Trinajstić information content (AvgIpc) is 3.51. The highest BCUT2D eigenvalue weighted by molar-refractivity contribution is 7.47. The Morgan fingerprint density at radius 3 is 1.95 bits per heavy atom. The molecule has 0 aliphatic heterocycles. The third kappa shape index (κ3) is 30.7. The van der Waals surface area contributed by atoms with Crippen LogP contribution >= 0.6 is 7.82 Å². The maximum Gasteiger partial charge on any atom is 0.472 e. The first kappa shape index (κ1) is 57.1. The van der Waals surface area contributed by atoms with Crippen molar-refractivity contribution in [3.8, 4) is 0 Å². The maximum absolute atomic E-state index is 12.7. The summed E-state index contributed by atoms with van der Waals surface area (Å²) in [4.78, 5) is 47.8. The predicted molar refractivity (Wildman–Crippen MR) is 238 cm³/mol. The van der Waals surface area contributed by atoms with E-state index in [1.165, 1.54) is 77.0 Å². The second-order valence-corrected chi connectivity index (χ2v) is 18.6. The van der Waals surface area contributed by atoms with Crippen LogP contribution in [0.25, 0.3) is 0 Å². The van der Waals surface area contributed by atoms with Gasteiger partial charge in [-0.2, -0.15) is 0 Å². The molecule has 0 heterocycles. The number of aliphatic hydroxyl groups excluding tert-OH is 4. The van der Waals surface area contributed by atoms with Crippen molar-refractivity contribution in [3.05, 3.63) is 24.3 Å². The van der Waals surface area contributed by atoms with Crippen LogP contribution in [0.2, 0.25) is 0 Å². The van der Waals surface area contributed by atoms with Crippen molar-refractivity contribution < 1.29 is 62.8 Å². The van der Waals surface area contributed by atoms with Crippen molar-refractivity contribution in [3.63, 3.8) is 0 Å². The maximum atomic E-state index is 12.7. The number of unbranched alkanes of at least 4 members (excludes halogenated alkanes) is 16. The van der Waals surface area contributed by atoms with Crippen LogP contribution in [0, 0.1) is 17.8 Å². The van der Waals surface area contributed by atoms with Gasteiger partial charge in [-0.15, -0.1) is 0 Å². The standard InChI is InChI=1S/C47H85O13P/c1-4-6-21-27-39(49)31-32-43-42(44(51)33-45(43)52)28-23-19-20-25-30-47(54)60-41(37-59-61(55,56)58-35-40(50)34-48)36-57-46(53)29-24-18-16-14-12-10-8-7-9-11-13-15-17-22-26-38(3)5-2/h19,23,31-32,38-43,45,48-50,52H,4-18,20-22,24-30,33-37H2,1-3H3,(H,55,56)/b23-19-,32-31+/t38?,39-,40-,41+,42+,43+,45+/m0/s1. The van der Waals surface area contributed by atoms with E-state index in [0.717, 1.165) is 44.4 Å². The molecule has 0 radical (unpaired) electrons. The highest BCUT2D eigenvalue weighted by Crippen LogP contribution is 2.43. The summed E-state index contributed by atoms with van der Waals surface area (Å²) in [5.74, 6) is -1.05. The molecule has 356 valence electrons. The molecular formula is C47H85O13P. The molecule has 0 aromatic carbocycles. The van der Waals surface area contributed by atoms with E-state index in [2.05, 4.69) is 25.3 Å². The molecule has 1 aliphatic carbocycles. The number of phosphoric ester groups is 1. The SMILES string of the molecule is CCCCC[C@H](O)/C=C/[C@H]1[C@H](O)CC(=O)[C@@H]1C/C=C\CCCC(=O)O[C@H](COC(=O)CCCCCCCCCCCCCCCCC(C)CC)COP(=O)(O)OC[C@@H](O)CO. The van der Waals surface area contributed by atoms with Gasteiger partial charge in [0.25, 0.3) is 0 Å². The summed E-state index contributed by atoms with van der Waals surface area (Å²) in [5, 5.41) is 39.1. The van der Waals surface area contributed by atoms with Gasteiger partial charge in [-0.25, -0.2) is 4.57 Å². The second kappa shape index (κ2) is 36.4. The molecule has 1 fully saturated rings. The summed E-state index contributed by atoms with van der Waals surface area (Å²) in [6.45, 7) is 4.35. The van der Waals surface area contributed by atoms with E-state index in [1.54, 1.807) is 12.2 Å². The first-order valence-corrected chi connectivity index (χ1v) is 25.3. The van der Waals surface area contributed by atoms with Gasteiger partial charge in [0.2, 0.25) is 0 Å². The lowest BCUT2D eigenvalue weighted by molar-refractivity contribution is -0.161. The van der Waals surface area contributed by atoms with Gasteiger partial charge in [0.1, 0.15) is 18.5 Å². The van der Waals surface area contributed by atoms with Crippen LogP contribution in [0.4, 0.5) is 0 Å². The average molecular weight is 889 g/mol. The number of phosphoric acid groups is 1. The topological polar surface area (TPSA) is 206 Å². The van der Waals surface area contributed by atoms with Gasteiger partial charge in [0.05, 0.1) is 32.0 Å². The Bertz CT molecular complexity index is 1240. The monoisotopic (exact) mass is 889 g/mol. The van der Waals surface area contributed by atoms with E-state index in [-0.39, 0.29) is 31.0 Å². The van der Waals surface area contributed by atoms with E-state index in [4.69, 9.17) is 19.1 Å². The van der Waals surface area contributed by atoms with Crippen LogP contribution in [0.3, 0.4) is 0 Å². The number of Topliss-reactive ketones (excluding diaryl/α,β-unsaturated/α-hetero) is 1. The van der Waals surface area contributed by atoms with E-state index >= 15 is 0 Å². The molecular weight excluding hydrogens is 803 g/mol. The van der Waals surface area contributed by atoms with Crippen LogP contribution in [0.15, 0.2) is 24.3 Å². The summed E-state index contributed by atoms with van der Waals surface area (Å²) in [7, 11) is -4.69. The first-order chi connectivity index (χ1) is 29.3. The molecule has 0 spiro atoms. The lowest BCUT2D eigenvalue weighted by Crippen LogP contribution is -2.29. The zero-order valence-electron chi connectivity index (χ0n) is 38.0. The summed E-state index contributed by atoms with van der Waals surface area (Å²) >= 11 is 0. The minimum Gasteiger partial charge on any atom is -0.462 e. The van der Waals surface area contributed by atoms with Crippen molar-refractivity contribution in [2.45, 2.75) is 212 Å². The number of allylic oxidation sites excluding steroid dienone is 2. The van der Waals surface area contributed by atoms with E-state index in [0.29, 0.717) is 32.1 Å². The van der Waals surface area contributed by atoms with Crippen molar-refractivity contribution >= 4 is 25.5 Å². The molecule has 8 atom stereocenters. The number of hydrogen-bond acceptors (Lipinski definition) is 12. The smallest absolute Gasteiger partial charge is 0.462 e. The molecule has 0 aromatic heterocycles. The van der Waals surface area contributed by atoms with Gasteiger partial charge in [-0.3, -0.25) is 23.4 Å². The highest BCUT2D eigenvalue weighted by Gasteiger charge is 2.39. The van der Waals surface area contributed by atoms with Crippen LogP contribution in [0.5, 0.6) is 0 Å².